The summed E-state index contributed by atoms with van der Waals surface area (Å²) < 4.78 is 37.3. The molecule has 0 N–H and O–H groups in total. The average Bonchev–Trinajstić information content (AvgIpc) is 2.99. The third kappa shape index (κ3) is 3.70. The summed E-state index contributed by atoms with van der Waals surface area (Å²) in [5.74, 6) is -2.53. The van der Waals surface area contributed by atoms with Crippen LogP contribution >= 0.6 is 0 Å². The van der Waals surface area contributed by atoms with Gasteiger partial charge < -0.3 is 14.4 Å². The molecule has 1 fully saturated rings. The minimum absolute atomic E-state index is 0.0644. The van der Waals surface area contributed by atoms with Gasteiger partial charge in [0.05, 0.1) is 20.2 Å². The van der Waals surface area contributed by atoms with E-state index in [1.54, 1.807) is 29.3 Å². The van der Waals surface area contributed by atoms with Crippen LogP contribution in [-0.2, 0) is 17.2 Å². The fourth-order valence-electron chi connectivity index (χ4n) is 2.70. The number of alkyl halides is 2. The van der Waals surface area contributed by atoms with E-state index in [9.17, 15) is 13.6 Å². The highest BCUT2D eigenvalue weighted by Crippen LogP contribution is 2.32. The molecule has 0 bridgehead atoms. The van der Waals surface area contributed by atoms with Gasteiger partial charge in [-0.3, -0.25) is 0 Å². The van der Waals surface area contributed by atoms with Crippen molar-refractivity contribution < 1.29 is 23.0 Å². The lowest BCUT2D eigenvalue weighted by Crippen LogP contribution is -2.24. The first kappa shape index (κ1) is 17.1. The molecule has 7 heteroatoms. The lowest BCUT2D eigenvalue weighted by atomic mass is 10.0. The molecule has 0 spiro atoms. The van der Waals surface area contributed by atoms with Crippen molar-refractivity contribution in [2.75, 3.05) is 20.3 Å². The summed E-state index contributed by atoms with van der Waals surface area (Å²) in [5.41, 5.74) is 1.92. The van der Waals surface area contributed by atoms with Gasteiger partial charge in [0.15, 0.2) is 0 Å². The molecule has 5 nitrogen and oxygen atoms in total. The van der Waals surface area contributed by atoms with Crippen LogP contribution in [-0.4, -0.2) is 36.2 Å². The van der Waals surface area contributed by atoms with Gasteiger partial charge in [0, 0.05) is 29.8 Å². The molecule has 25 heavy (non-hydrogen) atoms. The quantitative estimate of drug-likeness (QED) is 0.824. The zero-order valence-corrected chi connectivity index (χ0v) is 14.0. The molecular formula is C18H18F2N2O3. The number of carbonyl (C=O) groups excluding carboxylic acids is 1. The molecule has 1 aromatic heterocycles. The monoisotopic (exact) mass is 348 g/mol. The number of ether oxygens (including phenoxy) is 2. The number of aromatic nitrogens is 1. The maximum atomic E-state index is 13.6. The zero-order chi connectivity index (χ0) is 18.0. The number of halogens is 2. The van der Waals surface area contributed by atoms with E-state index in [-0.39, 0.29) is 18.2 Å². The lowest BCUT2D eigenvalue weighted by molar-refractivity contribution is 0.0175. The summed E-state index contributed by atoms with van der Waals surface area (Å²) in [6, 6.07) is 7.96. The van der Waals surface area contributed by atoms with E-state index in [4.69, 9.17) is 9.47 Å². The van der Waals surface area contributed by atoms with Crippen molar-refractivity contribution in [3.63, 3.8) is 0 Å². The van der Waals surface area contributed by atoms with Crippen molar-refractivity contribution in [1.29, 1.82) is 0 Å². The minimum atomic E-state index is -2.92. The Bertz CT molecular complexity index is 790. The van der Waals surface area contributed by atoms with Crippen LogP contribution in [0, 0.1) is 0 Å². The van der Waals surface area contributed by atoms with Crippen LogP contribution in [0.25, 0.3) is 11.1 Å². The van der Waals surface area contributed by atoms with Crippen LogP contribution in [0.3, 0.4) is 0 Å². The van der Waals surface area contributed by atoms with Crippen LogP contribution in [0.2, 0.25) is 0 Å². The first-order valence-electron chi connectivity index (χ1n) is 7.82. The Labute approximate surface area is 144 Å². The molecule has 132 valence electrons. The van der Waals surface area contributed by atoms with Crippen LogP contribution in [0.4, 0.5) is 13.6 Å². The second kappa shape index (κ2) is 6.66. The molecule has 0 unspecified atom stereocenters. The topological polar surface area (TPSA) is 51.7 Å². The number of hydrogen-bond donors (Lipinski definition) is 0. The van der Waals surface area contributed by atoms with E-state index in [1.807, 2.05) is 0 Å². The van der Waals surface area contributed by atoms with Gasteiger partial charge in [-0.2, -0.15) is 0 Å². The molecular weight excluding hydrogens is 330 g/mol. The molecule has 1 amide bonds. The highest BCUT2D eigenvalue weighted by atomic mass is 19.3. The average molecular weight is 348 g/mol. The second-order valence-electron chi connectivity index (χ2n) is 5.90. The van der Waals surface area contributed by atoms with Crippen molar-refractivity contribution in [3.05, 3.63) is 47.7 Å². The van der Waals surface area contributed by atoms with E-state index < -0.39 is 5.92 Å². The Morgan fingerprint density at radius 2 is 2.12 bits per heavy atom. The van der Waals surface area contributed by atoms with Gasteiger partial charge in [-0.1, -0.05) is 18.2 Å². The SMILES string of the molecule is COc1ncc(-c2cccc(C(C)(F)F)c2)cc1CN1CCOC1=O. The normalized spacial score (nSPS) is 14.6. The van der Waals surface area contributed by atoms with Gasteiger partial charge in [0.2, 0.25) is 5.88 Å². The van der Waals surface area contributed by atoms with E-state index in [0.717, 1.165) is 6.92 Å². The van der Waals surface area contributed by atoms with Crippen molar-refractivity contribution in [3.8, 4) is 17.0 Å². The number of amides is 1. The molecule has 2 heterocycles. The number of hydrogen-bond acceptors (Lipinski definition) is 4. The number of methoxy groups -OCH3 is 1. The molecule has 3 rings (SSSR count). The molecule has 1 aliphatic heterocycles. The van der Waals surface area contributed by atoms with Crippen LogP contribution in [0.15, 0.2) is 36.5 Å². The molecule has 2 aromatic rings. The van der Waals surface area contributed by atoms with Crippen LogP contribution in [0.1, 0.15) is 18.1 Å². The number of rotatable bonds is 5. The van der Waals surface area contributed by atoms with Gasteiger partial charge in [-0.05, 0) is 17.7 Å². The maximum absolute atomic E-state index is 13.6. The molecule has 0 radical (unpaired) electrons. The summed E-state index contributed by atoms with van der Waals surface area (Å²) in [7, 11) is 1.49. The number of carbonyl (C=O) groups is 1. The van der Waals surface area contributed by atoms with E-state index in [0.29, 0.717) is 35.7 Å². The molecule has 0 aliphatic carbocycles. The third-order valence-electron chi connectivity index (χ3n) is 4.03. The minimum Gasteiger partial charge on any atom is -0.481 e. The Hall–Kier alpha value is -2.70. The predicted molar refractivity (Wildman–Crippen MR) is 87.6 cm³/mol. The molecule has 0 atom stereocenters. The Morgan fingerprint density at radius 1 is 1.32 bits per heavy atom. The molecule has 1 aliphatic rings. The third-order valence-corrected chi connectivity index (χ3v) is 4.03. The van der Waals surface area contributed by atoms with Gasteiger partial charge in [-0.15, -0.1) is 0 Å². The van der Waals surface area contributed by atoms with E-state index in [1.165, 1.54) is 19.2 Å². The number of benzene rings is 1. The fraction of sp³-hybridized carbons (Fsp3) is 0.333. The summed E-state index contributed by atoms with van der Waals surface area (Å²) in [6.07, 6.45) is 1.18. The van der Waals surface area contributed by atoms with Crippen molar-refractivity contribution in [1.82, 2.24) is 9.88 Å². The Kier molecular flexibility index (Phi) is 4.57. The summed E-state index contributed by atoms with van der Waals surface area (Å²) >= 11 is 0. The summed E-state index contributed by atoms with van der Waals surface area (Å²) in [5, 5.41) is 0. The standard InChI is InChI=1S/C18H18F2N2O3/c1-18(19,20)15-5-3-4-12(9-15)13-8-14(16(24-2)21-10-13)11-22-6-7-25-17(22)23/h3-5,8-10H,6-7,11H2,1-2H3. The maximum Gasteiger partial charge on any atom is 0.410 e. The van der Waals surface area contributed by atoms with Crippen LogP contribution < -0.4 is 4.74 Å². The molecule has 0 saturated carbocycles. The zero-order valence-electron chi connectivity index (χ0n) is 14.0. The Balaban J connectivity index is 1.95. The number of pyridine rings is 1. The van der Waals surface area contributed by atoms with Gasteiger partial charge in [0.1, 0.15) is 6.61 Å². The van der Waals surface area contributed by atoms with Gasteiger partial charge >= 0.3 is 6.09 Å². The van der Waals surface area contributed by atoms with Gasteiger partial charge in [0.25, 0.3) is 5.92 Å². The van der Waals surface area contributed by atoms with E-state index >= 15 is 0 Å². The van der Waals surface area contributed by atoms with Crippen molar-refractivity contribution in [2.24, 2.45) is 0 Å². The highest BCUT2D eigenvalue weighted by molar-refractivity contribution is 5.70. The Morgan fingerprint density at radius 3 is 2.76 bits per heavy atom. The lowest BCUT2D eigenvalue weighted by Gasteiger charge is -2.16. The van der Waals surface area contributed by atoms with Gasteiger partial charge in [-0.25, -0.2) is 18.6 Å². The summed E-state index contributed by atoms with van der Waals surface area (Å²) in [6.45, 7) is 1.99. The largest absolute Gasteiger partial charge is 0.481 e. The smallest absolute Gasteiger partial charge is 0.410 e. The van der Waals surface area contributed by atoms with E-state index in [2.05, 4.69) is 4.98 Å². The first-order chi connectivity index (χ1) is 11.9. The number of nitrogens with zero attached hydrogens (tertiary/aromatic N) is 2. The molecule has 1 saturated heterocycles. The molecule has 1 aromatic carbocycles. The fourth-order valence-corrected chi connectivity index (χ4v) is 2.70. The second-order valence-corrected chi connectivity index (χ2v) is 5.90. The number of cyclic esters (lactones) is 1. The van der Waals surface area contributed by atoms with Crippen molar-refractivity contribution in [2.45, 2.75) is 19.4 Å². The predicted octanol–water partition coefficient (Wildman–Crippen LogP) is 3.82. The van der Waals surface area contributed by atoms with Crippen molar-refractivity contribution >= 4 is 6.09 Å². The summed E-state index contributed by atoms with van der Waals surface area (Å²) in [4.78, 5) is 17.4. The first-order valence-corrected chi connectivity index (χ1v) is 7.82. The highest BCUT2D eigenvalue weighted by Gasteiger charge is 2.25. The van der Waals surface area contributed by atoms with Crippen LogP contribution in [0.5, 0.6) is 5.88 Å².